The summed E-state index contributed by atoms with van der Waals surface area (Å²) in [5, 5.41) is 0.720. The lowest BCUT2D eigenvalue weighted by Crippen LogP contribution is -2.44. The Balaban J connectivity index is 1.38. The number of benzene rings is 2. The third-order valence-corrected chi connectivity index (χ3v) is 8.62. The summed E-state index contributed by atoms with van der Waals surface area (Å²) in [5.74, 6) is 1.40. The molecule has 1 amide bonds. The van der Waals surface area contributed by atoms with Crippen LogP contribution >= 0.6 is 11.8 Å². The molecule has 3 aliphatic rings. The minimum absolute atomic E-state index is 0.0532. The molecule has 0 aliphatic carbocycles. The highest BCUT2D eigenvalue weighted by Gasteiger charge is 2.28. The summed E-state index contributed by atoms with van der Waals surface area (Å²) < 4.78 is 23.6. The van der Waals surface area contributed by atoms with Crippen molar-refractivity contribution in [1.29, 1.82) is 0 Å². The maximum Gasteiger partial charge on any atom is 0.262 e. The highest BCUT2D eigenvalue weighted by atomic mass is 32.2. The molecule has 206 valence electrons. The van der Waals surface area contributed by atoms with E-state index in [-0.39, 0.29) is 23.5 Å². The number of anilines is 1. The number of hydrogen-bond acceptors (Lipinski definition) is 9. The fourth-order valence-corrected chi connectivity index (χ4v) is 6.18. The molecule has 4 heterocycles. The topological polar surface area (TPSA) is 95.4 Å². The van der Waals surface area contributed by atoms with Crippen LogP contribution < -0.4 is 19.9 Å². The minimum Gasteiger partial charge on any atom is -0.454 e. The number of ether oxygens (including phenoxy) is 4. The maximum absolute atomic E-state index is 14.1. The highest BCUT2D eigenvalue weighted by molar-refractivity contribution is 8.00. The zero-order valence-electron chi connectivity index (χ0n) is 22.0. The largest absolute Gasteiger partial charge is 0.454 e. The number of morpholine rings is 2. The number of hydrogen-bond donors (Lipinski definition) is 0. The zero-order valence-corrected chi connectivity index (χ0v) is 22.8. The van der Waals surface area contributed by atoms with Gasteiger partial charge in [-0.25, -0.2) is 4.98 Å². The van der Waals surface area contributed by atoms with Crippen LogP contribution in [0.2, 0.25) is 0 Å². The number of nitrogens with zero attached hydrogens (tertiary/aromatic N) is 4. The SMILES string of the molecule is CC[C@H](Sc1nc2ccc(N3CCOCC3)cc2c(=O)n1Cc1ccc2c(c1)OCO2)C(=O)N1CCOCC1. The van der Waals surface area contributed by atoms with Gasteiger partial charge < -0.3 is 28.7 Å². The number of rotatable bonds is 7. The number of thioether (sulfide) groups is 1. The normalized spacial score (nSPS) is 18.0. The first-order valence-electron chi connectivity index (χ1n) is 13.4. The molecule has 10 nitrogen and oxygen atoms in total. The molecular weight excluding hydrogens is 520 g/mol. The van der Waals surface area contributed by atoms with Crippen LogP contribution in [0.4, 0.5) is 5.69 Å². The van der Waals surface area contributed by atoms with Gasteiger partial charge in [0, 0.05) is 31.9 Å². The lowest BCUT2D eigenvalue weighted by molar-refractivity contribution is -0.134. The van der Waals surface area contributed by atoms with Gasteiger partial charge in [-0.1, -0.05) is 24.8 Å². The summed E-state index contributed by atoms with van der Waals surface area (Å²) >= 11 is 1.36. The predicted molar refractivity (Wildman–Crippen MR) is 148 cm³/mol. The molecule has 3 aromatic rings. The summed E-state index contributed by atoms with van der Waals surface area (Å²) in [6.07, 6.45) is 0.620. The van der Waals surface area contributed by atoms with Crippen molar-refractivity contribution in [2.45, 2.75) is 30.3 Å². The van der Waals surface area contributed by atoms with Crippen molar-refractivity contribution < 1.29 is 23.7 Å². The van der Waals surface area contributed by atoms with Crippen molar-refractivity contribution >= 4 is 34.3 Å². The van der Waals surface area contributed by atoms with E-state index in [2.05, 4.69) is 4.90 Å². The summed E-state index contributed by atoms with van der Waals surface area (Å²) in [6, 6.07) is 11.5. The molecule has 6 rings (SSSR count). The molecule has 39 heavy (non-hydrogen) atoms. The van der Waals surface area contributed by atoms with Crippen molar-refractivity contribution in [1.82, 2.24) is 14.5 Å². The Morgan fingerprint density at radius 1 is 0.974 bits per heavy atom. The molecule has 1 aromatic heterocycles. The summed E-state index contributed by atoms with van der Waals surface area (Å²) in [4.78, 5) is 36.5. The predicted octanol–water partition coefficient (Wildman–Crippen LogP) is 2.74. The first-order valence-corrected chi connectivity index (χ1v) is 14.3. The van der Waals surface area contributed by atoms with Crippen molar-refractivity contribution in [3.05, 3.63) is 52.3 Å². The van der Waals surface area contributed by atoms with E-state index in [1.54, 1.807) is 4.57 Å². The van der Waals surface area contributed by atoms with Gasteiger partial charge in [-0.05, 0) is 42.3 Å². The van der Waals surface area contributed by atoms with Crippen LogP contribution in [0, 0.1) is 0 Å². The average molecular weight is 553 g/mol. The van der Waals surface area contributed by atoms with Crippen LogP contribution in [-0.2, 0) is 20.8 Å². The summed E-state index contributed by atoms with van der Waals surface area (Å²) in [6.45, 7) is 7.60. The van der Waals surface area contributed by atoms with Gasteiger partial charge in [0.15, 0.2) is 16.7 Å². The maximum atomic E-state index is 14.1. The van der Waals surface area contributed by atoms with Crippen molar-refractivity contribution in [2.24, 2.45) is 0 Å². The Labute approximate surface area is 230 Å². The van der Waals surface area contributed by atoms with E-state index in [0.29, 0.717) is 80.0 Å². The van der Waals surface area contributed by atoms with Crippen molar-refractivity contribution in [3.63, 3.8) is 0 Å². The number of aromatic nitrogens is 2. The van der Waals surface area contributed by atoms with Crippen LogP contribution in [0.1, 0.15) is 18.9 Å². The molecule has 3 aliphatic heterocycles. The minimum atomic E-state index is -0.358. The van der Waals surface area contributed by atoms with Crippen LogP contribution in [0.3, 0.4) is 0 Å². The molecule has 0 saturated carbocycles. The number of amides is 1. The first-order chi connectivity index (χ1) is 19.1. The van der Waals surface area contributed by atoms with E-state index < -0.39 is 0 Å². The quantitative estimate of drug-likeness (QED) is 0.324. The first kappa shape index (κ1) is 26.0. The molecule has 0 N–H and O–H groups in total. The van der Waals surface area contributed by atoms with Gasteiger partial charge in [-0.3, -0.25) is 14.2 Å². The molecule has 0 radical (unpaired) electrons. The fourth-order valence-electron chi connectivity index (χ4n) is 5.08. The third kappa shape index (κ3) is 5.43. The second-order valence-corrected chi connectivity index (χ2v) is 10.9. The molecule has 0 unspecified atom stereocenters. The molecule has 2 fully saturated rings. The molecule has 2 aromatic carbocycles. The van der Waals surface area contributed by atoms with Crippen LogP contribution in [-0.4, -0.2) is 85.0 Å². The standard InChI is InChI=1S/C28H32N4O6S/c1-2-25(27(34)31-9-13-36-14-10-31)39-28-29-22-5-4-20(30-7-11-35-12-8-30)16-21(22)26(33)32(28)17-19-3-6-23-24(15-19)38-18-37-23/h3-6,15-16,25H,2,7-14,17-18H2,1H3/t25-/m0/s1. The third-order valence-electron chi connectivity index (χ3n) is 7.27. The van der Waals surface area contributed by atoms with Crippen LogP contribution in [0.15, 0.2) is 46.3 Å². The Morgan fingerprint density at radius 3 is 2.49 bits per heavy atom. The summed E-state index contributed by atoms with van der Waals surface area (Å²) in [5.41, 5.74) is 2.36. The number of fused-ring (bicyclic) bond motifs is 2. The van der Waals surface area contributed by atoms with Gasteiger partial charge in [0.25, 0.3) is 5.56 Å². The Hall–Kier alpha value is -3.28. The number of carbonyl (C=O) groups excluding carboxylic acids is 1. The van der Waals surface area contributed by atoms with Crippen LogP contribution in [0.25, 0.3) is 10.9 Å². The van der Waals surface area contributed by atoms with E-state index in [1.165, 1.54) is 11.8 Å². The lowest BCUT2D eigenvalue weighted by Gasteiger charge is -2.30. The highest BCUT2D eigenvalue weighted by Crippen LogP contribution is 2.33. The Morgan fingerprint density at radius 2 is 1.72 bits per heavy atom. The van der Waals surface area contributed by atoms with Gasteiger partial charge >= 0.3 is 0 Å². The lowest BCUT2D eigenvalue weighted by atomic mass is 10.1. The molecular formula is C28H32N4O6S. The van der Waals surface area contributed by atoms with Gasteiger partial charge in [0.2, 0.25) is 12.7 Å². The summed E-state index contributed by atoms with van der Waals surface area (Å²) in [7, 11) is 0. The van der Waals surface area contributed by atoms with E-state index in [4.69, 9.17) is 23.9 Å². The smallest absolute Gasteiger partial charge is 0.262 e. The Bertz CT molecular complexity index is 1420. The fraction of sp³-hybridized carbons (Fsp3) is 0.464. The van der Waals surface area contributed by atoms with Crippen molar-refractivity contribution in [3.8, 4) is 11.5 Å². The van der Waals surface area contributed by atoms with Gasteiger partial charge in [0.05, 0.1) is 49.1 Å². The Kier molecular flexibility index (Phi) is 7.62. The van der Waals surface area contributed by atoms with Gasteiger partial charge in [-0.15, -0.1) is 0 Å². The van der Waals surface area contributed by atoms with E-state index >= 15 is 0 Å². The van der Waals surface area contributed by atoms with Gasteiger partial charge in [-0.2, -0.15) is 0 Å². The monoisotopic (exact) mass is 552 g/mol. The van der Waals surface area contributed by atoms with E-state index in [9.17, 15) is 9.59 Å². The second kappa shape index (κ2) is 11.4. The average Bonchev–Trinajstić information content (AvgIpc) is 3.46. The van der Waals surface area contributed by atoms with Crippen LogP contribution in [0.5, 0.6) is 11.5 Å². The molecule has 1 atom stereocenters. The second-order valence-electron chi connectivity index (χ2n) is 9.73. The molecule has 11 heteroatoms. The van der Waals surface area contributed by atoms with Gasteiger partial charge in [0.1, 0.15) is 0 Å². The zero-order chi connectivity index (χ0) is 26.8. The molecule has 0 bridgehead atoms. The van der Waals surface area contributed by atoms with E-state index in [1.807, 2.05) is 48.2 Å². The molecule has 2 saturated heterocycles. The van der Waals surface area contributed by atoms with Crippen molar-refractivity contribution in [2.75, 3.05) is 64.3 Å². The number of carbonyl (C=O) groups is 1. The van der Waals surface area contributed by atoms with E-state index in [0.717, 1.165) is 24.3 Å². The molecule has 0 spiro atoms.